The molecule has 6 nitrogen and oxygen atoms in total. The lowest BCUT2D eigenvalue weighted by Crippen LogP contribution is -2.05. The van der Waals surface area contributed by atoms with Crippen molar-refractivity contribution in [3.05, 3.63) is 71.1 Å². The first kappa shape index (κ1) is 18.1. The number of halogens is 2. The molecule has 4 rings (SSSR count). The van der Waals surface area contributed by atoms with Crippen LogP contribution in [0, 0.1) is 5.82 Å². The van der Waals surface area contributed by atoms with Gasteiger partial charge in [-0.1, -0.05) is 23.7 Å². The molecule has 0 spiro atoms. The number of nitrogens with one attached hydrogen (secondary N) is 1. The van der Waals surface area contributed by atoms with Gasteiger partial charge in [-0.3, -0.25) is 0 Å². The SMILES string of the molecule is Cn1c(NCc2ccc(Oc3ncc(Cl)cc3F)cc2)nc2ccc(N)cc21. The molecule has 3 N–H and O–H groups in total. The fraction of sp³-hybridized carbons (Fsp3) is 0.100. The van der Waals surface area contributed by atoms with Crippen molar-refractivity contribution >= 4 is 34.3 Å². The van der Waals surface area contributed by atoms with E-state index in [4.69, 9.17) is 22.1 Å². The molecule has 0 radical (unpaired) electrons. The molecule has 142 valence electrons. The van der Waals surface area contributed by atoms with Gasteiger partial charge in [0.15, 0.2) is 5.82 Å². The summed E-state index contributed by atoms with van der Waals surface area (Å²) in [4.78, 5) is 8.42. The van der Waals surface area contributed by atoms with Gasteiger partial charge in [0, 0.05) is 25.5 Å². The molecule has 28 heavy (non-hydrogen) atoms. The van der Waals surface area contributed by atoms with Crippen molar-refractivity contribution in [2.45, 2.75) is 6.54 Å². The number of pyridine rings is 1. The summed E-state index contributed by atoms with van der Waals surface area (Å²) >= 11 is 5.69. The molecule has 8 heteroatoms. The van der Waals surface area contributed by atoms with E-state index >= 15 is 0 Å². The van der Waals surface area contributed by atoms with Gasteiger partial charge in [0.25, 0.3) is 5.88 Å². The minimum Gasteiger partial charge on any atom is -0.436 e. The number of rotatable bonds is 5. The molecular formula is C20H17ClFN5O. The smallest absolute Gasteiger partial charge is 0.255 e. The van der Waals surface area contributed by atoms with Crippen molar-refractivity contribution in [1.82, 2.24) is 14.5 Å². The van der Waals surface area contributed by atoms with Gasteiger partial charge < -0.3 is 20.4 Å². The zero-order chi connectivity index (χ0) is 19.7. The largest absolute Gasteiger partial charge is 0.436 e. The fourth-order valence-corrected chi connectivity index (χ4v) is 2.95. The molecule has 0 aliphatic rings. The highest BCUT2D eigenvalue weighted by molar-refractivity contribution is 6.30. The van der Waals surface area contributed by atoms with Gasteiger partial charge in [-0.25, -0.2) is 14.4 Å². The van der Waals surface area contributed by atoms with Crippen molar-refractivity contribution in [3.63, 3.8) is 0 Å². The summed E-state index contributed by atoms with van der Waals surface area (Å²) in [6.07, 6.45) is 1.34. The van der Waals surface area contributed by atoms with Crippen LogP contribution in [0.4, 0.5) is 16.0 Å². The predicted octanol–water partition coefficient (Wildman–Crippen LogP) is 4.75. The molecular weight excluding hydrogens is 381 g/mol. The monoisotopic (exact) mass is 397 g/mol. The van der Waals surface area contributed by atoms with Gasteiger partial charge in [0.1, 0.15) is 5.75 Å². The number of benzene rings is 2. The van der Waals surface area contributed by atoms with Crippen LogP contribution in [0.15, 0.2) is 54.7 Å². The minimum atomic E-state index is -0.610. The summed E-state index contributed by atoms with van der Waals surface area (Å²) in [5, 5.41) is 3.52. The number of aromatic nitrogens is 3. The van der Waals surface area contributed by atoms with E-state index in [2.05, 4.69) is 15.3 Å². The minimum absolute atomic E-state index is 0.116. The Morgan fingerprint density at radius 3 is 2.71 bits per heavy atom. The average molecular weight is 398 g/mol. The Bertz CT molecular complexity index is 1140. The van der Waals surface area contributed by atoms with Crippen LogP contribution in [-0.2, 0) is 13.6 Å². The van der Waals surface area contributed by atoms with Crippen molar-refractivity contribution in [3.8, 4) is 11.6 Å². The Kier molecular flexibility index (Phi) is 4.75. The normalized spacial score (nSPS) is 11.0. The summed E-state index contributed by atoms with van der Waals surface area (Å²) in [6, 6.07) is 14.1. The van der Waals surface area contributed by atoms with Crippen molar-refractivity contribution < 1.29 is 9.13 Å². The maximum atomic E-state index is 13.8. The second kappa shape index (κ2) is 7.36. The number of hydrogen-bond acceptors (Lipinski definition) is 5. The van der Waals surface area contributed by atoms with Crippen LogP contribution in [0.1, 0.15) is 5.56 Å². The zero-order valence-electron chi connectivity index (χ0n) is 15.0. The molecule has 0 saturated carbocycles. The first-order valence-electron chi connectivity index (χ1n) is 8.53. The van der Waals surface area contributed by atoms with Crippen LogP contribution >= 0.6 is 11.6 Å². The van der Waals surface area contributed by atoms with Crippen molar-refractivity contribution in [1.29, 1.82) is 0 Å². The number of nitrogen functional groups attached to an aromatic ring is 1. The van der Waals surface area contributed by atoms with E-state index in [0.29, 0.717) is 18.0 Å². The standard InChI is InChI=1S/C20H17ClFN5O/c1-27-18-9-14(23)4-7-17(18)26-20(27)25-10-12-2-5-15(6-3-12)28-19-16(22)8-13(21)11-24-19/h2-9,11H,10,23H2,1H3,(H,25,26). The number of nitrogens with two attached hydrogens (primary N) is 1. The number of fused-ring (bicyclic) bond motifs is 1. The summed E-state index contributed by atoms with van der Waals surface area (Å²) in [5.41, 5.74) is 9.40. The number of hydrogen-bond donors (Lipinski definition) is 2. The zero-order valence-corrected chi connectivity index (χ0v) is 15.7. The molecule has 2 aromatic carbocycles. The van der Waals surface area contributed by atoms with E-state index in [-0.39, 0.29) is 10.9 Å². The van der Waals surface area contributed by atoms with E-state index in [1.165, 1.54) is 6.20 Å². The van der Waals surface area contributed by atoms with Crippen LogP contribution in [0.3, 0.4) is 0 Å². The van der Waals surface area contributed by atoms with E-state index in [1.54, 1.807) is 12.1 Å². The Labute approximate surface area is 165 Å². The van der Waals surface area contributed by atoms with E-state index in [9.17, 15) is 4.39 Å². The summed E-state index contributed by atoms with van der Waals surface area (Å²) in [5.74, 6) is 0.499. The molecule has 0 unspecified atom stereocenters. The first-order valence-corrected chi connectivity index (χ1v) is 8.91. The molecule has 0 atom stereocenters. The third kappa shape index (κ3) is 3.70. The topological polar surface area (TPSA) is 78.0 Å². The molecule has 0 amide bonds. The Balaban J connectivity index is 1.44. The lowest BCUT2D eigenvalue weighted by molar-refractivity contribution is 0.422. The lowest BCUT2D eigenvalue weighted by Gasteiger charge is -2.09. The van der Waals surface area contributed by atoms with Gasteiger partial charge in [-0.2, -0.15) is 0 Å². The Morgan fingerprint density at radius 1 is 1.18 bits per heavy atom. The van der Waals surface area contributed by atoms with Gasteiger partial charge in [0.05, 0.1) is 16.1 Å². The van der Waals surface area contributed by atoms with Crippen LogP contribution in [-0.4, -0.2) is 14.5 Å². The molecule has 2 heterocycles. The number of ether oxygens (including phenoxy) is 1. The van der Waals surface area contributed by atoms with E-state index in [1.807, 2.05) is 41.9 Å². The second-order valence-electron chi connectivity index (χ2n) is 6.28. The van der Waals surface area contributed by atoms with Crippen molar-refractivity contribution in [2.24, 2.45) is 7.05 Å². The predicted molar refractivity (Wildman–Crippen MR) is 108 cm³/mol. The number of anilines is 2. The van der Waals surface area contributed by atoms with Crippen LogP contribution in [0.2, 0.25) is 5.02 Å². The highest BCUT2D eigenvalue weighted by Crippen LogP contribution is 2.25. The molecule has 0 fully saturated rings. The maximum Gasteiger partial charge on any atom is 0.255 e. The molecule has 4 aromatic rings. The van der Waals surface area contributed by atoms with Crippen LogP contribution in [0.5, 0.6) is 11.6 Å². The number of nitrogens with zero attached hydrogens (tertiary/aromatic N) is 3. The number of imidazole rings is 1. The summed E-state index contributed by atoms with van der Waals surface area (Å²) in [7, 11) is 1.93. The van der Waals surface area contributed by atoms with Gasteiger partial charge in [-0.05, 0) is 42.0 Å². The molecule has 2 aromatic heterocycles. The van der Waals surface area contributed by atoms with Crippen LogP contribution in [0.25, 0.3) is 11.0 Å². The molecule has 0 aliphatic carbocycles. The van der Waals surface area contributed by atoms with E-state index < -0.39 is 5.82 Å². The Hall–Kier alpha value is -3.32. The van der Waals surface area contributed by atoms with Gasteiger partial charge in [-0.15, -0.1) is 0 Å². The summed E-state index contributed by atoms with van der Waals surface area (Å²) < 4.78 is 21.2. The second-order valence-corrected chi connectivity index (χ2v) is 6.72. The highest BCUT2D eigenvalue weighted by Gasteiger charge is 2.09. The molecule has 0 aliphatic heterocycles. The number of aryl methyl sites for hydroxylation is 1. The lowest BCUT2D eigenvalue weighted by atomic mass is 10.2. The average Bonchev–Trinajstić information content (AvgIpc) is 2.99. The van der Waals surface area contributed by atoms with Gasteiger partial charge >= 0.3 is 0 Å². The third-order valence-electron chi connectivity index (χ3n) is 4.27. The maximum absolute atomic E-state index is 13.8. The fourth-order valence-electron chi connectivity index (χ4n) is 2.81. The Morgan fingerprint density at radius 2 is 1.96 bits per heavy atom. The highest BCUT2D eigenvalue weighted by atomic mass is 35.5. The van der Waals surface area contributed by atoms with E-state index in [0.717, 1.165) is 28.6 Å². The van der Waals surface area contributed by atoms with Gasteiger partial charge in [0.2, 0.25) is 5.95 Å². The third-order valence-corrected chi connectivity index (χ3v) is 4.47. The quantitative estimate of drug-likeness (QED) is 0.475. The molecule has 0 saturated heterocycles. The van der Waals surface area contributed by atoms with Crippen molar-refractivity contribution in [2.75, 3.05) is 11.1 Å². The first-order chi connectivity index (χ1) is 13.5. The van der Waals surface area contributed by atoms with Crippen LogP contribution < -0.4 is 15.8 Å². The summed E-state index contributed by atoms with van der Waals surface area (Å²) in [6.45, 7) is 0.570. The molecule has 0 bridgehead atoms.